The minimum atomic E-state index is 0.239. The van der Waals surface area contributed by atoms with Gasteiger partial charge in [-0.15, -0.1) is 11.3 Å². The molecule has 6 heterocycles. The predicted octanol–water partition coefficient (Wildman–Crippen LogP) is 5.14. The van der Waals surface area contributed by atoms with Gasteiger partial charge in [0.1, 0.15) is 5.65 Å². The van der Waals surface area contributed by atoms with E-state index in [-0.39, 0.29) is 6.04 Å². The Labute approximate surface area is 195 Å². The first-order valence-electron chi connectivity index (χ1n) is 11.1. The fraction of sp³-hybridized carbons (Fsp3) is 0.280. The van der Waals surface area contributed by atoms with Gasteiger partial charge in [-0.3, -0.25) is 4.98 Å². The van der Waals surface area contributed by atoms with Crippen LogP contribution in [0.2, 0.25) is 0 Å². The van der Waals surface area contributed by atoms with E-state index < -0.39 is 0 Å². The lowest BCUT2D eigenvalue weighted by molar-refractivity contribution is 0.0987. The van der Waals surface area contributed by atoms with Crippen molar-refractivity contribution in [1.82, 2.24) is 24.9 Å². The molecule has 7 nitrogen and oxygen atoms in total. The van der Waals surface area contributed by atoms with E-state index >= 15 is 0 Å². The summed E-state index contributed by atoms with van der Waals surface area (Å²) in [5.41, 5.74) is 7.01. The van der Waals surface area contributed by atoms with Gasteiger partial charge < -0.3 is 14.6 Å². The molecule has 8 heteroatoms. The number of pyridine rings is 2. The smallest absolute Gasteiger partial charge is 0.163 e. The summed E-state index contributed by atoms with van der Waals surface area (Å²) in [7, 11) is 0. The number of rotatable bonds is 3. The van der Waals surface area contributed by atoms with Crippen molar-refractivity contribution < 1.29 is 4.74 Å². The number of hydrogen-bond acceptors (Lipinski definition) is 7. The molecule has 6 rings (SSSR count). The average molecular weight is 457 g/mol. The van der Waals surface area contributed by atoms with Gasteiger partial charge in [0, 0.05) is 57.8 Å². The molecule has 0 bridgehead atoms. The highest BCUT2D eigenvalue weighted by atomic mass is 32.1. The van der Waals surface area contributed by atoms with E-state index in [4.69, 9.17) is 19.7 Å². The molecule has 1 saturated heterocycles. The van der Waals surface area contributed by atoms with Crippen LogP contribution in [0.1, 0.15) is 18.3 Å². The molecule has 1 atom stereocenters. The molecule has 5 aromatic rings. The number of aromatic nitrogens is 5. The van der Waals surface area contributed by atoms with Crippen molar-refractivity contribution in [3.8, 4) is 22.5 Å². The first-order valence-corrected chi connectivity index (χ1v) is 12.0. The summed E-state index contributed by atoms with van der Waals surface area (Å²) in [6.07, 6.45) is 3.71. The summed E-state index contributed by atoms with van der Waals surface area (Å²) in [6.45, 7) is 8.46. The largest absolute Gasteiger partial charge is 0.377 e. The number of H-pyrrole nitrogens is 1. The van der Waals surface area contributed by atoms with Crippen molar-refractivity contribution >= 4 is 38.4 Å². The molecule has 0 aliphatic carbocycles. The van der Waals surface area contributed by atoms with Crippen LogP contribution in [0, 0.1) is 13.8 Å². The Morgan fingerprint density at radius 2 is 1.97 bits per heavy atom. The Kier molecular flexibility index (Phi) is 4.85. The Bertz CT molecular complexity index is 1490. The minimum absolute atomic E-state index is 0.239. The van der Waals surface area contributed by atoms with E-state index in [9.17, 15) is 0 Å². The predicted molar refractivity (Wildman–Crippen MR) is 133 cm³/mol. The third kappa shape index (κ3) is 3.37. The van der Waals surface area contributed by atoms with E-state index in [1.165, 1.54) is 0 Å². The minimum Gasteiger partial charge on any atom is -0.377 e. The molecule has 5 aromatic heterocycles. The second kappa shape index (κ2) is 7.90. The molecule has 1 fully saturated rings. The maximum Gasteiger partial charge on any atom is 0.163 e. The molecular formula is C25H24N6OS. The van der Waals surface area contributed by atoms with E-state index in [1.807, 2.05) is 25.3 Å². The maximum atomic E-state index is 5.71. The monoisotopic (exact) mass is 456 g/mol. The summed E-state index contributed by atoms with van der Waals surface area (Å²) in [5.74, 6) is 1.68. The molecular weight excluding hydrogens is 432 g/mol. The molecule has 0 spiro atoms. The number of hydrogen-bond donors (Lipinski definition) is 1. The van der Waals surface area contributed by atoms with Gasteiger partial charge >= 0.3 is 0 Å². The van der Waals surface area contributed by atoms with Gasteiger partial charge in [-0.05, 0) is 39.0 Å². The lowest BCUT2D eigenvalue weighted by atomic mass is 10.1. The highest BCUT2D eigenvalue weighted by Gasteiger charge is 2.26. The van der Waals surface area contributed by atoms with Crippen LogP contribution in [-0.2, 0) is 4.74 Å². The summed E-state index contributed by atoms with van der Waals surface area (Å²) < 4.78 is 6.81. The van der Waals surface area contributed by atoms with Crippen molar-refractivity contribution in [1.29, 1.82) is 0 Å². The fourth-order valence-corrected chi connectivity index (χ4v) is 5.59. The quantitative estimate of drug-likeness (QED) is 0.405. The number of aryl methyl sites for hydroxylation is 2. The molecule has 166 valence electrons. The van der Waals surface area contributed by atoms with Gasteiger partial charge in [-0.1, -0.05) is 6.07 Å². The number of aromatic amines is 1. The number of nitrogens with one attached hydrogen (secondary N) is 1. The Balaban J connectivity index is 1.63. The van der Waals surface area contributed by atoms with Crippen LogP contribution in [0.4, 0.5) is 5.82 Å². The molecule has 0 radical (unpaired) electrons. The van der Waals surface area contributed by atoms with Crippen molar-refractivity contribution in [3.63, 3.8) is 0 Å². The van der Waals surface area contributed by atoms with Crippen LogP contribution in [0.5, 0.6) is 0 Å². The Morgan fingerprint density at radius 1 is 1.06 bits per heavy atom. The van der Waals surface area contributed by atoms with Crippen LogP contribution in [-0.4, -0.2) is 50.7 Å². The molecule has 0 unspecified atom stereocenters. The number of ether oxygens (including phenoxy) is 1. The van der Waals surface area contributed by atoms with E-state index in [1.54, 1.807) is 17.5 Å². The van der Waals surface area contributed by atoms with Crippen molar-refractivity contribution in [2.24, 2.45) is 0 Å². The first kappa shape index (κ1) is 20.3. The van der Waals surface area contributed by atoms with E-state index in [2.05, 4.69) is 46.2 Å². The van der Waals surface area contributed by atoms with Gasteiger partial charge in [-0.25, -0.2) is 15.0 Å². The average Bonchev–Trinajstić information content (AvgIpc) is 3.46. The SMILES string of the molecule is Cc1ccc(-c2csc3c(N4CCOC[C@H]4C)nc(-c4ccnc5[nH]ccc45)nc23)c(C)n1. The van der Waals surface area contributed by atoms with E-state index in [0.29, 0.717) is 19.0 Å². The summed E-state index contributed by atoms with van der Waals surface area (Å²) in [5, 5.41) is 3.21. The first-order chi connectivity index (χ1) is 16.1. The van der Waals surface area contributed by atoms with Crippen LogP contribution < -0.4 is 4.90 Å². The van der Waals surface area contributed by atoms with Crippen molar-refractivity contribution in [3.05, 3.63) is 53.4 Å². The summed E-state index contributed by atoms with van der Waals surface area (Å²) >= 11 is 1.70. The molecule has 0 aromatic carbocycles. The lowest BCUT2D eigenvalue weighted by Gasteiger charge is -2.34. The van der Waals surface area contributed by atoms with Crippen LogP contribution in [0.15, 0.2) is 42.0 Å². The van der Waals surface area contributed by atoms with Crippen molar-refractivity contribution in [2.45, 2.75) is 26.8 Å². The maximum absolute atomic E-state index is 5.71. The molecule has 0 saturated carbocycles. The number of thiophene rings is 1. The van der Waals surface area contributed by atoms with Gasteiger partial charge in [0.15, 0.2) is 11.6 Å². The van der Waals surface area contributed by atoms with Crippen LogP contribution in [0.25, 0.3) is 43.8 Å². The fourth-order valence-electron chi connectivity index (χ4n) is 4.58. The number of anilines is 1. The second-order valence-corrected chi connectivity index (χ2v) is 9.38. The third-order valence-electron chi connectivity index (χ3n) is 6.25. The van der Waals surface area contributed by atoms with Gasteiger partial charge in [0.2, 0.25) is 0 Å². The Morgan fingerprint density at radius 3 is 2.82 bits per heavy atom. The van der Waals surface area contributed by atoms with Crippen LogP contribution in [0.3, 0.4) is 0 Å². The highest BCUT2D eigenvalue weighted by Crippen LogP contribution is 2.41. The van der Waals surface area contributed by atoms with Gasteiger partial charge in [-0.2, -0.15) is 0 Å². The number of morpholine rings is 1. The molecule has 1 aliphatic rings. The van der Waals surface area contributed by atoms with Gasteiger partial charge in [0.05, 0.1) is 29.5 Å². The van der Waals surface area contributed by atoms with Crippen molar-refractivity contribution in [2.75, 3.05) is 24.7 Å². The standard InChI is InChI=1S/C25H24N6OS/c1-14-4-5-17(16(3)28-14)20-13-33-22-21(20)29-24(19-7-9-27-23-18(19)6-8-26-23)30-25(22)31-10-11-32-12-15(31)2/h4-9,13,15H,10-12H2,1-3H3,(H,26,27)/t15-/m1/s1. The Hall–Kier alpha value is -3.36. The molecule has 1 N–H and O–H groups in total. The molecule has 0 amide bonds. The number of nitrogens with zero attached hydrogens (tertiary/aromatic N) is 5. The zero-order valence-electron chi connectivity index (χ0n) is 18.8. The molecule has 1 aliphatic heterocycles. The summed E-state index contributed by atoms with van der Waals surface area (Å²) in [4.78, 5) is 25.0. The third-order valence-corrected chi connectivity index (χ3v) is 7.22. The highest BCUT2D eigenvalue weighted by molar-refractivity contribution is 7.18. The normalized spacial score (nSPS) is 16.7. The zero-order valence-corrected chi connectivity index (χ0v) is 19.6. The number of fused-ring (bicyclic) bond motifs is 2. The summed E-state index contributed by atoms with van der Waals surface area (Å²) in [6, 6.07) is 8.47. The van der Waals surface area contributed by atoms with E-state index in [0.717, 1.165) is 61.7 Å². The topological polar surface area (TPSA) is 79.8 Å². The lowest BCUT2D eigenvalue weighted by Crippen LogP contribution is -2.44. The zero-order chi connectivity index (χ0) is 22.5. The molecule has 33 heavy (non-hydrogen) atoms. The second-order valence-electron chi connectivity index (χ2n) is 8.50. The van der Waals surface area contributed by atoms with Gasteiger partial charge in [0.25, 0.3) is 0 Å². The van der Waals surface area contributed by atoms with Crippen LogP contribution >= 0.6 is 11.3 Å².